The summed E-state index contributed by atoms with van der Waals surface area (Å²) in [6.07, 6.45) is 0. The third kappa shape index (κ3) is 4.35. The SMILES string of the molecule is N#Cc1ccc(N(c2ccccc2)P(c2ccc(C#N)cc2)c2ccc(C#N)cc2)cc1. The van der Waals surface area contributed by atoms with Gasteiger partial charge in [-0.1, -0.05) is 42.5 Å². The summed E-state index contributed by atoms with van der Waals surface area (Å²) < 4.78 is 2.26. The Labute approximate surface area is 188 Å². The minimum atomic E-state index is -1.08. The summed E-state index contributed by atoms with van der Waals surface area (Å²) in [5, 5.41) is 29.9. The summed E-state index contributed by atoms with van der Waals surface area (Å²) >= 11 is 0. The predicted molar refractivity (Wildman–Crippen MR) is 128 cm³/mol. The van der Waals surface area contributed by atoms with Crippen molar-refractivity contribution in [1.29, 1.82) is 15.8 Å². The van der Waals surface area contributed by atoms with Crippen LogP contribution >= 0.6 is 8.07 Å². The maximum absolute atomic E-state index is 9.24. The molecule has 0 saturated heterocycles. The molecule has 0 radical (unpaired) electrons. The molecule has 150 valence electrons. The van der Waals surface area contributed by atoms with Gasteiger partial charge >= 0.3 is 0 Å². The van der Waals surface area contributed by atoms with E-state index >= 15 is 0 Å². The molecule has 0 unspecified atom stereocenters. The Kier molecular flexibility index (Phi) is 6.25. The van der Waals surface area contributed by atoms with Crippen LogP contribution in [-0.4, -0.2) is 0 Å². The first kappa shape index (κ1) is 20.8. The van der Waals surface area contributed by atoms with Crippen LogP contribution < -0.4 is 15.3 Å². The van der Waals surface area contributed by atoms with Crippen LogP contribution in [0.1, 0.15) is 16.7 Å². The molecule has 0 aliphatic heterocycles. The van der Waals surface area contributed by atoms with Crippen molar-refractivity contribution in [1.82, 2.24) is 0 Å². The quantitative estimate of drug-likeness (QED) is 0.394. The van der Waals surface area contributed by atoms with Crippen molar-refractivity contribution in [3.05, 3.63) is 120 Å². The Hall–Kier alpha value is -4.42. The van der Waals surface area contributed by atoms with E-state index in [-0.39, 0.29) is 0 Å². The van der Waals surface area contributed by atoms with Crippen LogP contribution in [0.25, 0.3) is 0 Å². The summed E-state index contributed by atoms with van der Waals surface area (Å²) in [6.45, 7) is 0. The second-order valence-corrected chi connectivity index (χ2v) is 8.99. The first-order chi connectivity index (χ1) is 15.7. The summed E-state index contributed by atoms with van der Waals surface area (Å²) in [5.74, 6) is 0. The number of anilines is 2. The lowest BCUT2D eigenvalue weighted by Gasteiger charge is -2.34. The summed E-state index contributed by atoms with van der Waals surface area (Å²) in [7, 11) is -1.08. The molecule has 4 rings (SSSR count). The molecule has 4 aromatic rings. The monoisotopic (exact) mass is 428 g/mol. The van der Waals surface area contributed by atoms with Gasteiger partial charge in [-0.3, -0.25) is 0 Å². The fourth-order valence-corrected chi connectivity index (χ4v) is 5.71. The standard InChI is InChI=1S/C27H17N4P/c28-18-21-6-12-25(13-7-21)31(24-4-2-1-3-5-24)32(26-14-8-22(19-29)9-15-26)27-16-10-23(20-30)11-17-27/h1-17H. The largest absolute Gasteiger partial charge is 0.312 e. The molecule has 0 aliphatic carbocycles. The average Bonchev–Trinajstić information content (AvgIpc) is 2.88. The van der Waals surface area contributed by atoms with Crippen LogP contribution in [0.2, 0.25) is 0 Å². The molecular weight excluding hydrogens is 411 g/mol. The fourth-order valence-electron chi connectivity index (χ4n) is 3.36. The fraction of sp³-hybridized carbons (Fsp3) is 0. The van der Waals surface area contributed by atoms with E-state index in [4.69, 9.17) is 0 Å². The van der Waals surface area contributed by atoms with Crippen LogP contribution in [0.15, 0.2) is 103 Å². The van der Waals surface area contributed by atoms with Gasteiger partial charge in [0.1, 0.15) is 0 Å². The van der Waals surface area contributed by atoms with Gasteiger partial charge in [0.15, 0.2) is 0 Å². The molecule has 0 atom stereocenters. The molecule has 0 saturated carbocycles. The van der Waals surface area contributed by atoms with Crippen LogP contribution in [0.4, 0.5) is 11.4 Å². The molecule has 0 N–H and O–H groups in total. The third-order valence-corrected chi connectivity index (χ3v) is 7.36. The molecule has 0 fully saturated rings. The van der Waals surface area contributed by atoms with Crippen molar-refractivity contribution < 1.29 is 0 Å². The first-order valence-electron chi connectivity index (χ1n) is 9.89. The highest BCUT2D eigenvalue weighted by Crippen LogP contribution is 2.47. The highest BCUT2D eigenvalue weighted by atomic mass is 31.1. The van der Waals surface area contributed by atoms with Gasteiger partial charge in [0.2, 0.25) is 0 Å². The van der Waals surface area contributed by atoms with Crippen LogP contribution in [0, 0.1) is 34.0 Å². The number of hydrogen-bond acceptors (Lipinski definition) is 4. The van der Waals surface area contributed by atoms with Crippen molar-refractivity contribution in [2.45, 2.75) is 0 Å². The average molecular weight is 428 g/mol. The van der Waals surface area contributed by atoms with Gasteiger partial charge in [-0.15, -0.1) is 0 Å². The third-order valence-electron chi connectivity index (χ3n) is 4.92. The zero-order chi connectivity index (χ0) is 22.3. The van der Waals surface area contributed by atoms with Gasteiger partial charge in [-0.2, -0.15) is 15.8 Å². The van der Waals surface area contributed by atoms with Gasteiger partial charge in [0.05, 0.1) is 43.0 Å². The molecular formula is C27H17N4P. The molecule has 4 aromatic carbocycles. The minimum Gasteiger partial charge on any atom is -0.312 e. The maximum atomic E-state index is 9.24. The van der Waals surface area contributed by atoms with E-state index in [1.807, 2.05) is 91.0 Å². The molecule has 32 heavy (non-hydrogen) atoms. The Morgan fingerprint density at radius 2 is 0.844 bits per heavy atom. The number of para-hydroxylation sites is 1. The Morgan fingerprint density at radius 3 is 1.25 bits per heavy atom. The number of hydrogen-bond donors (Lipinski definition) is 0. The van der Waals surface area contributed by atoms with Crippen LogP contribution in [0.5, 0.6) is 0 Å². The van der Waals surface area contributed by atoms with Gasteiger partial charge in [0, 0.05) is 22.0 Å². The van der Waals surface area contributed by atoms with Gasteiger partial charge in [-0.05, 0) is 60.7 Å². The minimum absolute atomic E-state index is 0.600. The Morgan fingerprint density at radius 1 is 0.469 bits per heavy atom. The van der Waals surface area contributed by atoms with E-state index < -0.39 is 8.07 Å². The summed E-state index contributed by atoms with van der Waals surface area (Å²) in [6, 6.07) is 39.4. The Balaban J connectivity index is 1.93. The van der Waals surface area contributed by atoms with E-state index in [1.165, 1.54) is 0 Å². The van der Waals surface area contributed by atoms with Gasteiger partial charge in [-0.25, -0.2) is 0 Å². The lowest BCUT2D eigenvalue weighted by Crippen LogP contribution is -2.25. The highest BCUT2D eigenvalue weighted by Gasteiger charge is 2.25. The molecule has 0 aromatic heterocycles. The van der Waals surface area contributed by atoms with Crippen LogP contribution in [0.3, 0.4) is 0 Å². The summed E-state index contributed by atoms with van der Waals surface area (Å²) in [4.78, 5) is 0. The number of rotatable bonds is 5. The maximum Gasteiger partial charge on any atom is 0.0991 e. The van der Waals surface area contributed by atoms with Crippen molar-refractivity contribution in [3.63, 3.8) is 0 Å². The zero-order valence-electron chi connectivity index (χ0n) is 17.1. The molecule has 0 spiro atoms. The van der Waals surface area contributed by atoms with Crippen molar-refractivity contribution >= 4 is 30.1 Å². The first-order valence-corrected chi connectivity index (χ1v) is 11.2. The lowest BCUT2D eigenvalue weighted by molar-refractivity contribution is 1.40. The predicted octanol–water partition coefficient (Wildman–Crippen LogP) is 5.49. The van der Waals surface area contributed by atoms with Crippen molar-refractivity contribution in [2.24, 2.45) is 0 Å². The summed E-state index contributed by atoms with van der Waals surface area (Å²) in [5.41, 5.74) is 3.77. The molecule has 0 amide bonds. The lowest BCUT2D eigenvalue weighted by atomic mass is 10.2. The number of nitrogens with zero attached hydrogens (tertiary/aromatic N) is 4. The van der Waals surface area contributed by atoms with E-state index in [0.29, 0.717) is 16.7 Å². The molecule has 4 nitrogen and oxygen atoms in total. The second-order valence-electron chi connectivity index (χ2n) is 6.94. The topological polar surface area (TPSA) is 74.6 Å². The van der Waals surface area contributed by atoms with Crippen molar-refractivity contribution in [2.75, 3.05) is 4.67 Å². The number of benzene rings is 4. The molecule has 0 aliphatic rings. The van der Waals surface area contributed by atoms with E-state index in [2.05, 4.69) is 35.0 Å². The highest BCUT2D eigenvalue weighted by molar-refractivity contribution is 7.74. The molecule has 0 heterocycles. The van der Waals surface area contributed by atoms with E-state index in [1.54, 1.807) is 0 Å². The smallest absolute Gasteiger partial charge is 0.0991 e. The van der Waals surface area contributed by atoms with E-state index in [9.17, 15) is 15.8 Å². The Bertz CT molecular complexity index is 1270. The normalized spacial score (nSPS) is 10.1. The van der Waals surface area contributed by atoms with Gasteiger partial charge in [0.25, 0.3) is 0 Å². The second kappa shape index (κ2) is 9.59. The van der Waals surface area contributed by atoms with Gasteiger partial charge < -0.3 is 4.67 Å². The van der Waals surface area contributed by atoms with E-state index in [0.717, 1.165) is 22.0 Å². The van der Waals surface area contributed by atoms with Crippen LogP contribution in [-0.2, 0) is 0 Å². The molecule has 0 bridgehead atoms. The zero-order valence-corrected chi connectivity index (χ0v) is 17.9. The number of nitriles is 3. The molecule has 5 heteroatoms. The van der Waals surface area contributed by atoms with Crippen molar-refractivity contribution in [3.8, 4) is 18.2 Å².